The van der Waals surface area contributed by atoms with E-state index in [4.69, 9.17) is 0 Å². The molecule has 2 N–H and O–H groups in total. The van der Waals surface area contributed by atoms with Gasteiger partial charge in [0.15, 0.2) is 11.6 Å². The van der Waals surface area contributed by atoms with Gasteiger partial charge in [0.25, 0.3) is 0 Å². The predicted molar refractivity (Wildman–Crippen MR) is 108 cm³/mol. The van der Waals surface area contributed by atoms with Gasteiger partial charge in [-0.1, -0.05) is 39.0 Å². The van der Waals surface area contributed by atoms with Gasteiger partial charge in [0.05, 0.1) is 6.20 Å². The van der Waals surface area contributed by atoms with E-state index >= 15 is 0 Å². The molecule has 0 unspecified atom stereocenters. The molecule has 0 aliphatic carbocycles. The second-order valence-corrected chi connectivity index (χ2v) is 7.34. The van der Waals surface area contributed by atoms with Crippen molar-refractivity contribution in [3.8, 4) is 0 Å². The first kappa shape index (κ1) is 18.5. The molecule has 0 saturated heterocycles. The van der Waals surface area contributed by atoms with Gasteiger partial charge < -0.3 is 10.6 Å². The molecule has 0 saturated carbocycles. The van der Waals surface area contributed by atoms with E-state index in [0.717, 1.165) is 11.4 Å². The summed E-state index contributed by atoms with van der Waals surface area (Å²) in [6, 6.07) is 15.3. The zero-order valence-electron chi connectivity index (χ0n) is 15.9. The third-order valence-electron chi connectivity index (χ3n) is 4.10. The number of nitrogens with zero attached hydrogens (tertiary/aromatic N) is 3. The number of anilines is 4. The summed E-state index contributed by atoms with van der Waals surface area (Å²) >= 11 is 0. The predicted octanol–water partition coefficient (Wildman–Crippen LogP) is 4.86. The minimum Gasteiger partial charge on any atom is -0.339 e. The Hall–Kier alpha value is -3.28. The molecule has 1 aromatic heterocycles. The summed E-state index contributed by atoms with van der Waals surface area (Å²) < 4.78 is 0. The molecule has 3 rings (SSSR count). The quantitative estimate of drug-likeness (QED) is 0.632. The van der Waals surface area contributed by atoms with Crippen molar-refractivity contribution in [3.63, 3.8) is 0 Å². The molecule has 3 aromatic rings. The molecule has 138 valence electrons. The van der Waals surface area contributed by atoms with Gasteiger partial charge >= 0.3 is 0 Å². The monoisotopic (exact) mass is 361 g/mol. The van der Waals surface area contributed by atoms with Gasteiger partial charge in [-0.3, -0.25) is 4.79 Å². The maximum absolute atomic E-state index is 11.4. The molecule has 1 heterocycles. The van der Waals surface area contributed by atoms with Crippen LogP contribution >= 0.6 is 0 Å². The fourth-order valence-electron chi connectivity index (χ4n) is 2.72. The Morgan fingerprint density at radius 1 is 0.963 bits per heavy atom. The fourth-order valence-corrected chi connectivity index (χ4v) is 2.72. The lowest BCUT2D eigenvalue weighted by atomic mass is 9.86. The summed E-state index contributed by atoms with van der Waals surface area (Å²) in [7, 11) is 0. The number of benzene rings is 2. The van der Waals surface area contributed by atoms with Crippen LogP contribution in [0.5, 0.6) is 0 Å². The van der Waals surface area contributed by atoms with Gasteiger partial charge in [0.1, 0.15) is 0 Å². The number of ketones is 1. The second-order valence-electron chi connectivity index (χ2n) is 7.34. The highest BCUT2D eigenvalue weighted by molar-refractivity contribution is 5.94. The summed E-state index contributed by atoms with van der Waals surface area (Å²) in [5.41, 5.74) is 3.61. The van der Waals surface area contributed by atoms with E-state index in [1.54, 1.807) is 25.3 Å². The standard InChI is InChI=1S/C21H23N5O/c1-14(27)15-9-11-16(12-10-15)23-19-13-22-26-20(25-19)24-18-8-6-5-7-17(18)21(2,3)4/h5-13H,1-4H3,(H2,23,24,25,26). The maximum atomic E-state index is 11.4. The number of carbonyl (C=O) groups excluding carboxylic acids is 1. The smallest absolute Gasteiger partial charge is 0.249 e. The third kappa shape index (κ3) is 4.67. The second kappa shape index (κ2) is 7.53. The Balaban J connectivity index is 1.79. The van der Waals surface area contributed by atoms with E-state index in [0.29, 0.717) is 17.3 Å². The number of nitrogens with one attached hydrogen (secondary N) is 2. The first-order valence-electron chi connectivity index (χ1n) is 8.77. The molecular formula is C21H23N5O. The van der Waals surface area contributed by atoms with Crippen LogP contribution in [0.25, 0.3) is 0 Å². The maximum Gasteiger partial charge on any atom is 0.249 e. The molecular weight excluding hydrogens is 338 g/mol. The van der Waals surface area contributed by atoms with E-state index in [1.807, 2.05) is 30.3 Å². The fraction of sp³-hybridized carbons (Fsp3) is 0.238. The average molecular weight is 361 g/mol. The topological polar surface area (TPSA) is 79.8 Å². The summed E-state index contributed by atoms with van der Waals surface area (Å²) in [6.07, 6.45) is 1.56. The van der Waals surface area contributed by atoms with Crippen molar-refractivity contribution in [1.29, 1.82) is 0 Å². The molecule has 2 aromatic carbocycles. The number of rotatable bonds is 5. The summed E-state index contributed by atoms with van der Waals surface area (Å²) in [6.45, 7) is 8.03. The molecule has 27 heavy (non-hydrogen) atoms. The van der Waals surface area contributed by atoms with E-state index in [-0.39, 0.29) is 11.2 Å². The molecule has 0 aliphatic rings. The van der Waals surface area contributed by atoms with Crippen molar-refractivity contribution in [2.75, 3.05) is 10.6 Å². The molecule has 0 amide bonds. The number of aromatic nitrogens is 3. The largest absolute Gasteiger partial charge is 0.339 e. The van der Waals surface area contributed by atoms with Crippen LogP contribution in [0.15, 0.2) is 54.7 Å². The number of Topliss-reactive ketones (excluding diaryl/α,β-unsaturated/α-hetero) is 1. The molecule has 0 atom stereocenters. The third-order valence-corrected chi connectivity index (χ3v) is 4.10. The normalized spacial score (nSPS) is 11.1. The molecule has 6 heteroatoms. The van der Waals surface area contributed by atoms with Crippen molar-refractivity contribution in [3.05, 3.63) is 65.9 Å². The van der Waals surface area contributed by atoms with Crippen molar-refractivity contribution < 1.29 is 4.79 Å². The SMILES string of the molecule is CC(=O)c1ccc(Nc2cnnc(Nc3ccccc3C(C)(C)C)n2)cc1. The first-order valence-corrected chi connectivity index (χ1v) is 8.77. The van der Waals surface area contributed by atoms with Crippen molar-refractivity contribution in [2.45, 2.75) is 33.1 Å². The van der Waals surface area contributed by atoms with E-state index < -0.39 is 0 Å². The number of carbonyl (C=O) groups is 1. The van der Waals surface area contributed by atoms with Gasteiger partial charge in [-0.15, -0.1) is 5.10 Å². The minimum atomic E-state index is -0.00859. The number of hydrogen-bond acceptors (Lipinski definition) is 6. The number of para-hydroxylation sites is 1. The minimum absolute atomic E-state index is 0.00859. The van der Waals surface area contributed by atoms with E-state index in [9.17, 15) is 4.79 Å². The van der Waals surface area contributed by atoms with Crippen molar-refractivity contribution in [2.24, 2.45) is 0 Å². The lowest BCUT2D eigenvalue weighted by Gasteiger charge is -2.22. The average Bonchev–Trinajstić information content (AvgIpc) is 2.62. The van der Waals surface area contributed by atoms with Gasteiger partial charge in [0.2, 0.25) is 5.95 Å². The highest BCUT2D eigenvalue weighted by Gasteiger charge is 2.18. The Morgan fingerprint density at radius 2 is 1.67 bits per heavy atom. The zero-order chi connectivity index (χ0) is 19.4. The van der Waals surface area contributed by atoms with Crippen LogP contribution in [-0.4, -0.2) is 21.0 Å². The molecule has 6 nitrogen and oxygen atoms in total. The van der Waals surface area contributed by atoms with E-state index in [2.05, 4.69) is 52.7 Å². The zero-order valence-corrected chi connectivity index (χ0v) is 15.9. The van der Waals surface area contributed by atoms with Crippen LogP contribution in [0.4, 0.5) is 23.1 Å². The van der Waals surface area contributed by atoms with Gasteiger partial charge in [-0.25, -0.2) is 0 Å². The molecule has 0 bridgehead atoms. The molecule has 0 spiro atoms. The highest BCUT2D eigenvalue weighted by Crippen LogP contribution is 2.30. The molecule has 0 fully saturated rings. The van der Waals surface area contributed by atoms with Gasteiger partial charge in [-0.05, 0) is 48.2 Å². The first-order chi connectivity index (χ1) is 12.8. The van der Waals surface area contributed by atoms with Crippen LogP contribution in [-0.2, 0) is 5.41 Å². The van der Waals surface area contributed by atoms with Gasteiger partial charge in [0, 0.05) is 16.9 Å². The Labute approximate surface area is 159 Å². The molecule has 0 radical (unpaired) electrons. The van der Waals surface area contributed by atoms with Crippen LogP contribution < -0.4 is 10.6 Å². The van der Waals surface area contributed by atoms with Crippen LogP contribution in [0, 0.1) is 0 Å². The number of hydrogen-bond donors (Lipinski definition) is 2. The summed E-state index contributed by atoms with van der Waals surface area (Å²) in [5, 5.41) is 14.5. The lowest BCUT2D eigenvalue weighted by molar-refractivity contribution is 0.101. The summed E-state index contributed by atoms with van der Waals surface area (Å²) in [4.78, 5) is 15.9. The van der Waals surface area contributed by atoms with Crippen LogP contribution in [0.2, 0.25) is 0 Å². The Kier molecular flexibility index (Phi) is 5.16. The van der Waals surface area contributed by atoms with Crippen molar-refractivity contribution in [1.82, 2.24) is 15.2 Å². The Bertz CT molecular complexity index is 945. The van der Waals surface area contributed by atoms with Crippen LogP contribution in [0.1, 0.15) is 43.6 Å². The van der Waals surface area contributed by atoms with Gasteiger partial charge in [-0.2, -0.15) is 10.1 Å². The highest BCUT2D eigenvalue weighted by atomic mass is 16.1. The van der Waals surface area contributed by atoms with E-state index in [1.165, 1.54) is 5.56 Å². The summed E-state index contributed by atoms with van der Waals surface area (Å²) in [5.74, 6) is 1.02. The van der Waals surface area contributed by atoms with Crippen LogP contribution in [0.3, 0.4) is 0 Å². The Morgan fingerprint density at radius 3 is 2.33 bits per heavy atom. The van der Waals surface area contributed by atoms with Crippen molar-refractivity contribution >= 4 is 28.9 Å². The lowest BCUT2D eigenvalue weighted by Crippen LogP contribution is -2.14. The molecule has 0 aliphatic heterocycles.